The summed E-state index contributed by atoms with van der Waals surface area (Å²) < 4.78 is 2.19. The number of hydrogen-bond donors (Lipinski definition) is 0. The molecule has 0 fully saturated rings. The van der Waals surface area contributed by atoms with E-state index in [1.165, 1.54) is 5.39 Å². The molecule has 0 saturated heterocycles. The van der Waals surface area contributed by atoms with Gasteiger partial charge in [0.2, 0.25) is 0 Å². The van der Waals surface area contributed by atoms with Gasteiger partial charge in [0.15, 0.2) is 0 Å². The van der Waals surface area contributed by atoms with E-state index in [0.717, 1.165) is 29.7 Å². The molecule has 0 N–H and O–H groups in total. The minimum Gasteiger partial charge on any atom is -0.347 e. The molecule has 0 bridgehead atoms. The Labute approximate surface area is 93.3 Å². The lowest BCUT2D eigenvalue weighted by Crippen LogP contribution is -1.98. The van der Waals surface area contributed by atoms with Crippen LogP contribution in [-0.4, -0.2) is 22.9 Å². The number of aldehydes is 1. The van der Waals surface area contributed by atoms with E-state index in [2.05, 4.69) is 23.1 Å². The number of carbonyl (C=O) groups excluding carboxylic acids is 1. The average molecular weight is 219 g/mol. The molecule has 2 rings (SSSR count). The first-order valence-electron chi connectivity index (χ1n) is 4.88. The van der Waals surface area contributed by atoms with Crippen molar-refractivity contribution in [2.75, 3.05) is 12.0 Å². The minimum atomic E-state index is 0.742. The largest absolute Gasteiger partial charge is 0.347 e. The zero-order chi connectivity index (χ0) is 10.7. The molecule has 2 nitrogen and oxygen atoms in total. The van der Waals surface area contributed by atoms with Crippen molar-refractivity contribution in [2.24, 2.45) is 0 Å². The highest BCUT2D eigenvalue weighted by Crippen LogP contribution is 2.17. The molecule has 0 spiro atoms. The van der Waals surface area contributed by atoms with Gasteiger partial charge in [0.25, 0.3) is 0 Å². The van der Waals surface area contributed by atoms with Gasteiger partial charge >= 0.3 is 0 Å². The lowest BCUT2D eigenvalue weighted by atomic mass is 10.2. The highest BCUT2D eigenvalue weighted by molar-refractivity contribution is 7.98. The Balaban J connectivity index is 2.42. The first-order chi connectivity index (χ1) is 7.35. The molecule has 1 aromatic heterocycles. The van der Waals surface area contributed by atoms with Gasteiger partial charge < -0.3 is 4.57 Å². The number of fused-ring (bicyclic) bond motifs is 1. The smallest absolute Gasteiger partial charge is 0.150 e. The van der Waals surface area contributed by atoms with Crippen LogP contribution < -0.4 is 0 Å². The molecule has 15 heavy (non-hydrogen) atoms. The fourth-order valence-electron chi connectivity index (χ4n) is 1.66. The minimum absolute atomic E-state index is 0.742. The predicted molar refractivity (Wildman–Crippen MR) is 65.7 cm³/mol. The van der Waals surface area contributed by atoms with Crippen molar-refractivity contribution >= 4 is 29.0 Å². The van der Waals surface area contributed by atoms with Gasteiger partial charge in [0, 0.05) is 29.6 Å². The normalized spacial score (nSPS) is 10.7. The number of carbonyl (C=O) groups is 1. The number of aromatic nitrogens is 1. The second-order valence-corrected chi connectivity index (χ2v) is 4.42. The number of nitrogens with zero attached hydrogens (tertiary/aromatic N) is 1. The quantitative estimate of drug-likeness (QED) is 0.738. The van der Waals surface area contributed by atoms with Crippen molar-refractivity contribution in [1.82, 2.24) is 4.57 Å². The van der Waals surface area contributed by atoms with E-state index < -0.39 is 0 Å². The zero-order valence-electron chi connectivity index (χ0n) is 8.64. The number of benzene rings is 1. The van der Waals surface area contributed by atoms with E-state index in [1.807, 2.05) is 30.0 Å². The van der Waals surface area contributed by atoms with E-state index in [1.54, 1.807) is 0 Å². The molecular weight excluding hydrogens is 206 g/mol. The maximum absolute atomic E-state index is 10.7. The molecule has 1 heterocycles. The van der Waals surface area contributed by atoms with Crippen LogP contribution in [-0.2, 0) is 6.54 Å². The summed E-state index contributed by atoms with van der Waals surface area (Å²) >= 11 is 1.83. The van der Waals surface area contributed by atoms with Crippen molar-refractivity contribution in [1.29, 1.82) is 0 Å². The van der Waals surface area contributed by atoms with Gasteiger partial charge in [-0.1, -0.05) is 12.1 Å². The van der Waals surface area contributed by atoms with Crippen molar-refractivity contribution < 1.29 is 4.79 Å². The monoisotopic (exact) mass is 219 g/mol. The van der Waals surface area contributed by atoms with Crippen LogP contribution in [0.1, 0.15) is 10.4 Å². The molecule has 2 aromatic rings. The van der Waals surface area contributed by atoms with E-state index in [4.69, 9.17) is 0 Å². The van der Waals surface area contributed by atoms with E-state index in [9.17, 15) is 4.79 Å². The summed E-state index contributed by atoms with van der Waals surface area (Å²) in [6, 6.07) is 7.88. The summed E-state index contributed by atoms with van der Waals surface area (Å²) in [5.74, 6) is 1.09. The zero-order valence-corrected chi connectivity index (χ0v) is 9.46. The fraction of sp³-hybridized carbons (Fsp3) is 0.250. The topological polar surface area (TPSA) is 22.0 Å². The van der Waals surface area contributed by atoms with Gasteiger partial charge in [0.05, 0.1) is 0 Å². The van der Waals surface area contributed by atoms with Crippen LogP contribution in [0.2, 0.25) is 0 Å². The lowest BCUT2D eigenvalue weighted by Gasteiger charge is -2.03. The Morgan fingerprint density at radius 1 is 1.40 bits per heavy atom. The summed E-state index contributed by atoms with van der Waals surface area (Å²) in [5.41, 5.74) is 1.89. The van der Waals surface area contributed by atoms with Crippen LogP contribution in [0.15, 0.2) is 30.5 Å². The third-order valence-electron chi connectivity index (χ3n) is 2.47. The van der Waals surface area contributed by atoms with Crippen LogP contribution in [0.5, 0.6) is 0 Å². The maximum Gasteiger partial charge on any atom is 0.150 e. The summed E-state index contributed by atoms with van der Waals surface area (Å²) in [6.07, 6.45) is 5.07. The van der Waals surface area contributed by atoms with Gasteiger partial charge in [-0.15, -0.1) is 0 Å². The Morgan fingerprint density at radius 3 is 3.00 bits per heavy atom. The van der Waals surface area contributed by atoms with E-state index >= 15 is 0 Å². The second-order valence-electron chi connectivity index (χ2n) is 3.44. The van der Waals surface area contributed by atoms with Crippen molar-refractivity contribution in [3.8, 4) is 0 Å². The van der Waals surface area contributed by atoms with Crippen LogP contribution in [0.25, 0.3) is 10.9 Å². The first kappa shape index (κ1) is 10.3. The molecule has 0 aliphatic rings. The molecule has 0 aliphatic heterocycles. The molecule has 0 saturated carbocycles. The average Bonchev–Trinajstić information content (AvgIpc) is 2.68. The maximum atomic E-state index is 10.7. The van der Waals surface area contributed by atoms with Crippen molar-refractivity contribution in [3.05, 3.63) is 36.0 Å². The van der Waals surface area contributed by atoms with Crippen LogP contribution in [0.4, 0.5) is 0 Å². The third kappa shape index (κ3) is 2.07. The SMILES string of the molecule is CSCCn1ccc2ccc(C=O)cc21. The Bertz CT molecular complexity index is 475. The number of aryl methyl sites for hydroxylation is 1. The summed E-state index contributed by atoms with van der Waals surface area (Å²) in [4.78, 5) is 10.7. The lowest BCUT2D eigenvalue weighted by molar-refractivity contribution is 0.112. The molecule has 3 heteroatoms. The Morgan fingerprint density at radius 2 is 2.27 bits per heavy atom. The predicted octanol–water partition coefficient (Wildman–Crippen LogP) is 2.82. The highest BCUT2D eigenvalue weighted by atomic mass is 32.2. The number of thioether (sulfide) groups is 1. The molecule has 78 valence electrons. The van der Waals surface area contributed by atoms with E-state index in [0.29, 0.717) is 0 Å². The number of rotatable bonds is 4. The van der Waals surface area contributed by atoms with Crippen molar-refractivity contribution in [2.45, 2.75) is 6.54 Å². The van der Waals surface area contributed by atoms with Gasteiger partial charge in [-0.25, -0.2) is 0 Å². The number of hydrogen-bond acceptors (Lipinski definition) is 2. The van der Waals surface area contributed by atoms with E-state index in [-0.39, 0.29) is 0 Å². The molecular formula is C12H13NOS. The molecule has 0 atom stereocenters. The highest BCUT2D eigenvalue weighted by Gasteiger charge is 2.01. The summed E-state index contributed by atoms with van der Waals surface area (Å²) in [7, 11) is 0. The van der Waals surface area contributed by atoms with Crippen LogP contribution in [0, 0.1) is 0 Å². The summed E-state index contributed by atoms with van der Waals surface area (Å²) in [6.45, 7) is 0.993. The Kier molecular flexibility index (Phi) is 3.11. The van der Waals surface area contributed by atoms with Gasteiger partial charge in [0.1, 0.15) is 6.29 Å². The van der Waals surface area contributed by atoms with Gasteiger partial charge in [-0.2, -0.15) is 11.8 Å². The standard InChI is InChI=1S/C12H13NOS/c1-15-7-6-13-5-4-11-3-2-10(9-14)8-12(11)13/h2-5,8-9H,6-7H2,1H3. The molecule has 0 amide bonds. The van der Waals surface area contributed by atoms with Gasteiger partial charge in [-0.3, -0.25) is 4.79 Å². The van der Waals surface area contributed by atoms with Crippen LogP contribution >= 0.6 is 11.8 Å². The molecule has 0 aliphatic carbocycles. The second kappa shape index (κ2) is 4.53. The molecule has 1 aromatic carbocycles. The first-order valence-corrected chi connectivity index (χ1v) is 6.27. The Hall–Kier alpha value is -1.22. The fourth-order valence-corrected chi connectivity index (χ4v) is 2.04. The molecule has 0 unspecified atom stereocenters. The molecule has 0 radical (unpaired) electrons. The summed E-state index contributed by atoms with van der Waals surface area (Å²) in [5, 5.41) is 1.20. The van der Waals surface area contributed by atoms with Crippen LogP contribution in [0.3, 0.4) is 0 Å². The van der Waals surface area contributed by atoms with Gasteiger partial charge in [-0.05, 0) is 23.8 Å². The third-order valence-corrected chi connectivity index (χ3v) is 3.06. The van der Waals surface area contributed by atoms with Crippen molar-refractivity contribution in [3.63, 3.8) is 0 Å².